The van der Waals surface area contributed by atoms with Crippen molar-refractivity contribution in [2.45, 2.75) is 31.7 Å². The zero-order valence-electron chi connectivity index (χ0n) is 16.5. The Balaban J connectivity index is 1.54. The van der Waals surface area contributed by atoms with Crippen molar-refractivity contribution in [1.82, 2.24) is 15.0 Å². The van der Waals surface area contributed by atoms with Crippen LogP contribution in [0.3, 0.4) is 0 Å². The number of nitrogens with one attached hydrogen (secondary N) is 2. The molecule has 2 aromatic heterocycles. The lowest BCUT2D eigenvalue weighted by Gasteiger charge is -2.34. The topological polar surface area (TPSA) is 139 Å². The number of benzene rings is 1. The summed E-state index contributed by atoms with van der Waals surface area (Å²) in [4.78, 5) is 16.4. The Kier molecular flexibility index (Phi) is 5.02. The fourth-order valence-corrected chi connectivity index (χ4v) is 3.64. The van der Waals surface area contributed by atoms with E-state index in [1.807, 2.05) is 43.5 Å². The van der Waals surface area contributed by atoms with Crippen LogP contribution >= 0.6 is 0 Å². The molecule has 3 aromatic rings. The second-order valence-corrected chi connectivity index (χ2v) is 7.49. The van der Waals surface area contributed by atoms with E-state index >= 15 is 0 Å². The first-order valence-corrected chi connectivity index (χ1v) is 9.63. The molecule has 1 unspecified atom stereocenters. The van der Waals surface area contributed by atoms with E-state index in [1.165, 1.54) is 0 Å². The summed E-state index contributed by atoms with van der Waals surface area (Å²) in [7, 11) is 1.59. The standard InChI is InChI=1S/C21H25N7O/c1-11(22)12-6-7-16(25-10-12)13-8-14(9-13)19(23)27-20-15-4-3-5-17(29-2)18(15)26-21(24)28-20/h3-7,10-11,13-14H,8-9,22H2,1-2H3,(H4,23,24,26,27,28)/t11?,13-,14+. The fraction of sp³-hybridized carbons (Fsp3) is 0.333. The molecule has 8 nitrogen and oxygen atoms in total. The molecule has 0 spiro atoms. The minimum atomic E-state index is -0.0184. The maximum atomic E-state index is 8.45. The Bertz CT molecular complexity index is 1110. The van der Waals surface area contributed by atoms with E-state index in [4.69, 9.17) is 21.6 Å². The van der Waals surface area contributed by atoms with E-state index in [0.717, 1.165) is 29.5 Å². The van der Waals surface area contributed by atoms with E-state index < -0.39 is 0 Å². The lowest BCUT2D eigenvalue weighted by molar-refractivity contribution is 0.335. The minimum absolute atomic E-state index is 0.0184. The van der Waals surface area contributed by atoms with Gasteiger partial charge in [0, 0.05) is 35.2 Å². The van der Waals surface area contributed by atoms with Crippen LogP contribution in [0.5, 0.6) is 5.75 Å². The van der Waals surface area contributed by atoms with Crippen LogP contribution in [0.25, 0.3) is 10.9 Å². The highest BCUT2D eigenvalue weighted by Crippen LogP contribution is 2.41. The molecule has 1 aliphatic rings. The van der Waals surface area contributed by atoms with Gasteiger partial charge in [0.2, 0.25) is 0 Å². The van der Waals surface area contributed by atoms with Gasteiger partial charge in [-0.1, -0.05) is 12.1 Å². The van der Waals surface area contributed by atoms with Crippen LogP contribution in [0.4, 0.5) is 5.95 Å². The SMILES string of the molecule is COc1cccc2/c(=N/C(=N)[C@H]3C[C@@H](c4ccc(C(C)N)cn4)C3)[nH]c(N)nc12. The molecular formula is C21H25N7O. The number of nitrogens with zero attached hydrogens (tertiary/aromatic N) is 3. The molecule has 1 saturated carbocycles. The normalized spacial score (nSPS) is 20.3. The van der Waals surface area contributed by atoms with Crippen molar-refractivity contribution in [3.8, 4) is 5.75 Å². The van der Waals surface area contributed by atoms with Crippen LogP contribution in [0.15, 0.2) is 41.5 Å². The molecule has 1 fully saturated rings. The molecule has 0 bridgehead atoms. The highest BCUT2D eigenvalue weighted by atomic mass is 16.5. The Morgan fingerprint density at radius 2 is 2.10 bits per heavy atom. The van der Waals surface area contributed by atoms with Crippen molar-refractivity contribution in [3.63, 3.8) is 0 Å². The molecule has 0 aliphatic heterocycles. The third-order valence-electron chi connectivity index (χ3n) is 5.46. The van der Waals surface area contributed by atoms with Crippen molar-refractivity contribution in [2.75, 3.05) is 12.8 Å². The van der Waals surface area contributed by atoms with Crippen molar-refractivity contribution in [3.05, 3.63) is 53.3 Å². The summed E-state index contributed by atoms with van der Waals surface area (Å²) in [6.07, 6.45) is 3.56. The van der Waals surface area contributed by atoms with Gasteiger partial charge in [0.05, 0.1) is 7.11 Å². The summed E-state index contributed by atoms with van der Waals surface area (Å²) in [6, 6.07) is 9.63. The predicted molar refractivity (Wildman–Crippen MR) is 113 cm³/mol. The van der Waals surface area contributed by atoms with Gasteiger partial charge in [-0.05, 0) is 43.5 Å². The van der Waals surface area contributed by atoms with Gasteiger partial charge in [0.1, 0.15) is 22.6 Å². The maximum absolute atomic E-state index is 8.45. The quantitative estimate of drug-likeness (QED) is 0.400. The number of ether oxygens (including phenoxy) is 1. The molecule has 1 aromatic carbocycles. The summed E-state index contributed by atoms with van der Waals surface area (Å²) in [5, 5.41) is 9.23. The molecule has 0 radical (unpaired) electrons. The van der Waals surface area contributed by atoms with E-state index in [2.05, 4.69) is 19.9 Å². The van der Waals surface area contributed by atoms with Crippen LogP contribution in [0.2, 0.25) is 0 Å². The number of H-pyrrole nitrogens is 1. The largest absolute Gasteiger partial charge is 0.494 e. The monoisotopic (exact) mass is 391 g/mol. The number of nitrogen functional groups attached to an aromatic ring is 1. The third kappa shape index (κ3) is 3.71. The molecule has 150 valence electrons. The summed E-state index contributed by atoms with van der Waals surface area (Å²) >= 11 is 0. The van der Waals surface area contributed by atoms with Gasteiger partial charge < -0.3 is 21.2 Å². The number of rotatable bonds is 4. The highest BCUT2D eigenvalue weighted by Gasteiger charge is 2.34. The summed E-state index contributed by atoms with van der Waals surface area (Å²) < 4.78 is 5.37. The van der Waals surface area contributed by atoms with Gasteiger partial charge in [-0.3, -0.25) is 10.4 Å². The first-order valence-electron chi connectivity index (χ1n) is 9.63. The van der Waals surface area contributed by atoms with Gasteiger partial charge in [-0.15, -0.1) is 0 Å². The van der Waals surface area contributed by atoms with E-state index in [0.29, 0.717) is 28.5 Å². The first kappa shape index (κ1) is 19.1. The molecular weight excluding hydrogens is 366 g/mol. The second-order valence-electron chi connectivity index (χ2n) is 7.49. The van der Waals surface area contributed by atoms with Crippen molar-refractivity contribution in [1.29, 1.82) is 5.41 Å². The molecule has 8 heteroatoms. The van der Waals surface area contributed by atoms with Gasteiger partial charge >= 0.3 is 0 Å². The number of nitrogens with two attached hydrogens (primary N) is 2. The molecule has 1 atom stereocenters. The molecule has 4 rings (SSSR count). The Labute approximate surface area is 168 Å². The van der Waals surface area contributed by atoms with Gasteiger partial charge in [-0.2, -0.15) is 0 Å². The Morgan fingerprint density at radius 1 is 1.31 bits per heavy atom. The number of amidine groups is 1. The van der Waals surface area contributed by atoms with Crippen LogP contribution in [0.1, 0.15) is 43.0 Å². The molecule has 29 heavy (non-hydrogen) atoms. The third-order valence-corrected chi connectivity index (χ3v) is 5.46. The minimum Gasteiger partial charge on any atom is -0.494 e. The zero-order chi connectivity index (χ0) is 20.5. The van der Waals surface area contributed by atoms with Crippen LogP contribution < -0.4 is 21.7 Å². The van der Waals surface area contributed by atoms with Gasteiger partial charge in [0.15, 0.2) is 5.95 Å². The lowest BCUT2D eigenvalue weighted by Crippen LogP contribution is -2.30. The number of aromatic nitrogens is 3. The van der Waals surface area contributed by atoms with Crippen LogP contribution in [-0.4, -0.2) is 27.9 Å². The molecule has 1 aliphatic carbocycles. The number of methoxy groups -OCH3 is 1. The summed E-state index contributed by atoms with van der Waals surface area (Å²) in [5.41, 5.74) is 15.0. The number of pyridine rings is 1. The number of hydrogen-bond donors (Lipinski definition) is 4. The molecule has 6 N–H and O–H groups in total. The Morgan fingerprint density at radius 3 is 2.76 bits per heavy atom. The van der Waals surface area contributed by atoms with Gasteiger partial charge in [-0.25, -0.2) is 9.98 Å². The Hall–Kier alpha value is -3.26. The lowest BCUT2D eigenvalue weighted by atomic mass is 9.72. The zero-order valence-corrected chi connectivity index (χ0v) is 16.5. The maximum Gasteiger partial charge on any atom is 0.199 e. The number of fused-ring (bicyclic) bond motifs is 1. The van der Waals surface area contributed by atoms with E-state index in [1.54, 1.807) is 7.11 Å². The average molecular weight is 391 g/mol. The van der Waals surface area contributed by atoms with Gasteiger partial charge in [0.25, 0.3) is 0 Å². The number of anilines is 1. The van der Waals surface area contributed by atoms with Crippen molar-refractivity contribution in [2.24, 2.45) is 16.6 Å². The fourth-order valence-electron chi connectivity index (χ4n) is 3.64. The first-order chi connectivity index (χ1) is 14.0. The second kappa shape index (κ2) is 7.63. The van der Waals surface area contributed by atoms with Crippen LogP contribution in [-0.2, 0) is 0 Å². The highest BCUT2D eigenvalue weighted by molar-refractivity contribution is 5.87. The smallest absolute Gasteiger partial charge is 0.199 e. The number of para-hydroxylation sites is 1. The average Bonchev–Trinajstić information content (AvgIpc) is 2.66. The van der Waals surface area contributed by atoms with Crippen molar-refractivity contribution < 1.29 is 4.74 Å². The summed E-state index contributed by atoms with van der Waals surface area (Å²) in [5.74, 6) is 1.63. The molecule has 0 amide bonds. The van der Waals surface area contributed by atoms with Crippen LogP contribution in [0, 0.1) is 11.3 Å². The van der Waals surface area contributed by atoms with E-state index in [-0.39, 0.29) is 17.9 Å². The number of aromatic amines is 1. The molecule has 0 saturated heterocycles. The van der Waals surface area contributed by atoms with Crippen molar-refractivity contribution >= 4 is 22.7 Å². The summed E-state index contributed by atoms with van der Waals surface area (Å²) in [6.45, 7) is 1.95. The molecule has 2 heterocycles. The number of hydrogen-bond acceptors (Lipinski definition) is 6. The van der Waals surface area contributed by atoms with E-state index in [9.17, 15) is 0 Å². The predicted octanol–water partition coefficient (Wildman–Crippen LogP) is 2.64.